The van der Waals surface area contributed by atoms with Gasteiger partial charge in [-0.25, -0.2) is 4.98 Å². The van der Waals surface area contributed by atoms with E-state index in [1.807, 2.05) is 36.4 Å². The summed E-state index contributed by atoms with van der Waals surface area (Å²) in [5.41, 5.74) is 2.11. The number of rotatable bonds is 6. The molecule has 5 heteroatoms. The molecule has 1 aliphatic rings. The Hall–Kier alpha value is -2.56. The van der Waals surface area contributed by atoms with Crippen molar-refractivity contribution >= 4 is 34.2 Å². The number of imidazole rings is 1. The number of para-hydroxylation sites is 2. The lowest BCUT2D eigenvalue weighted by Crippen LogP contribution is -2.25. The van der Waals surface area contributed by atoms with Crippen molar-refractivity contribution in [2.24, 2.45) is 0 Å². The Bertz CT molecular complexity index is 1130. The molecule has 0 radical (unpaired) electrons. The van der Waals surface area contributed by atoms with Crippen LogP contribution in [0.2, 0.25) is 0 Å². The summed E-state index contributed by atoms with van der Waals surface area (Å²) in [6, 6.07) is 22.4. The molecule has 1 N–H and O–H groups in total. The van der Waals surface area contributed by atoms with Crippen LogP contribution in [0.25, 0.3) is 21.8 Å². The molecule has 1 atom stereocenters. The zero-order valence-electron chi connectivity index (χ0n) is 16.9. The number of halogens is 1. The maximum absolute atomic E-state index is 10.8. The monoisotopic (exact) mass is 422 g/mol. The minimum absolute atomic E-state index is 0. The van der Waals surface area contributed by atoms with Crippen LogP contribution in [0.15, 0.2) is 66.7 Å². The highest BCUT2D eigenvalue weighted by molar-refractivity contribution is 5.88. The van der Waals surface area contributed by atoms with Crippen LogP contribution in [0.5, 0.6) is 5.75 Å². The average molecular weight is 423 g/mol. The Labute approximate surface area is 182 Å². The molecule has 0 saturated heterocycles. The number of hydrogen-bond donors (Lipinski definition) is 1. The first-order chi connectivity index (χ1) is 14.3. The summed E-state index contributed by atoms with van der Waals surface area (Å²) in [5.74, 6) is 2.43. The lowest BCUT2D eigenvalue weighted by molar-refractivity contribution is 0.0931. The molecule has 0 spiro atoms. The summed E-state index contributed by atoms with van der Waals surface area (Å²) >= 11 is 0. The standard InChI is InChI=1S/C25H26N2O2.ClH/c28-20(17-29-24-15-7-11-18-8-3-4-12-21(18)24)16-27-23-14-6-5-13-22(23)26-25(27)19-9-1-2-10-19;/h3-8,11-15,19-20,28H,1-2,9-10,16-17H2;1H. The van der Waals surface area contributed by atoms with Crippen molar-refractivity contribution < 1.29 is 9.84 Å². The molecule has 30 heavy (non-hydrogen) atoms. The van der Waals surface area contributed by atoms with Crippen LogP contribution in [0, 0.1) is 0 Å². The molecular weight excluding hydrogens is 396 g/mol. The zero-order valence-corrected chi connectivity index (χ0v) is 17.7. The predicted octanol–water partition coefficient (Wildman–Crippen LogP) is 5.71. The van der Waals surface area contributed by atoms with Gasteiger partial charge in [-0.1, -0.05) is 61.4 Å². The normalized spacial score (nSPS) is 15.4. The Morgan fingerprint density at radius 1 is 0.967 bits per heavy atom. The highest BCUT2D eigenvalue weighted by atomic mass is 35.5. The average Bonchev–Trinajstić information content (AvgIpc) is 3.41. The van der Waals surface area contributed by atoms with Crippen molar-refractivity contribution in [1.82, 2.24) is 9.55 Å². The van der Waals surface area contributed by atoms with E-state index in [2.05, 4.69) is 34.9 Å². The minimum Gasteiger partial charge on any atom is -0.490 e. The van der Waals surface area contributed by atoms with Gasteiger partial charge in [0.1, 0.15) is 24.3 Å². The Morgan fingerprint density at radius 2 is 1.70 bits per heavy atom. The van der Waals surface area contributed by atoms with Crippen LogP contribution in [0.3, 0.4) is 0 Å². The number of aliphatic hydroxyl groups is 1. The van der Waals surface area contributed by atoms with Gasteiger partial charge in [0.2, 0.25) is 0 Å². The number of hydrogen-bond acceptors (Lipinski definition) is 3. The summed E-state index contributed by atoms with van der Waals surface area (Å²) in [6.07, 6.45) is 4.30. The number of nitrogens with zero attached hydrogens (tertiary/aromatic N) is 2. The van der Waals surface area contributed by atoms with Crippen molar-refractivity contribution in [2.45, 2.75) is 44.2 Å². The minimum atomic E-state index is -0.605. The molecule has 1 fully saturated rings. The fraction of sp³-hybridized carbons (Fsp3) is 0.320. The quantitative estimate of drug-likeness (QED) is 0.433. The number of benzene rings is 3. The summed E-state index contributed by atoms with van der Waals surface area (Å²) in [6.45, 7) is 0.752. The Morgan fingerprint density at radius 3 is 2.57 bits per heavy atom. The highest BCUT2D eigenvalue weighted by Gasteiger charge is 2.24. The molecular formula is C25H27ClN2O2. The van der Waals surface area contributed by atoms with E-state index in [1.54, 1.807) is 0 Å². The highest BCUT2D eigenvalue weighted by Crippen LogP contribution is 2.35. The Kier molecular flexibility index (Phi) is 6.26. The first-order valence-corrected chi connectivity index (χ1v) is 10.5. The summed E-state index contributed by atoms with van der Waals surface area (Å²) in [4.78, 5) is 4.92. The van der Waals surface area contributed by atoms with Crippen molar-refractivity contribution in [3.63, 3.8) is 0 Å². The van der Waals surface area contributed by atoms with Crippen molar-refractivity contribution in [1.29, 1.82) is 0 Å². The van der Waals surface area contributed by atoms with Gasteiger partial charge in [-0.3, -0.25) is 0 Å². The molecule has 0 bridgehead atoms. The number of ether oxygens (including phenoxy) is 1. The maximum Gasteiger partial charge on any atom is 0.127 e. The number of aromatic nitrogens is 2. The fourth-order valence-corrected chi connectivity index (χ4v) is 4.55. The SMILES string of the molecule is Cl.OC(COc1cccc2ccccc12)Cn1c(C2CCCC2)nc2ccccc21. The van der Waals surface area contributed by atoms with E-state index in [9.17, 15) is 5.11 Å². The molecule has 1 heterocycles. The van der Waals surface area contributed by atoms with E-state index in [0.717, 1.165) is 33.4 Å². The Balaban J connectivity index is 0.00000218. The molecule has 3 aromatic carbocycles. The van der Waals surface area contributed by atoms with Crippen molar-refractivity contribution in [3.8, 4) is 5.75 Å². The topological polar surface area (TPSA) is 47.3 Å². The van der Waals surface area contributed by atoms with Gasteiger partial charge < -0.3 is 14.4 Å². The third-order valence-corrected chi connectivity index (χ3v) is 5.98. The van der Waals surface area contributed by atoms with E-state index >= 15 is 0 Å². The van der Waals surface area contributed by atoms with Gasteiger partial charge in [0, 0.05) is 11.3 Å². The van der Waals surface area contributed by atoms with Crippen LogP contribution >= 0.6 is 12.4 Å². The van der Waals surface area contributed by atoms with E-state index in [1.165, 1.54) is 25.7 Å². The largest absolute Gasteiger partial charge is 0.490 e. The molecule has 0 aliphatic heterocycles. The van der Waals surface area contributed by atoms with Crippen molar-refractivity contribution in [3.05, 3.63) is 72.6 Å². The van der Waals surface area contributed by atoms with Gasteiger partial charge in [0.25, 0.3) is 0 Å². The van der Waals surface area contributed by atoms with Gasteiger partial charge >= 0.3 is 0 Å². The molecule has 1 aromatic heterocycles. The molecule has 156 valence electrons. The fourth-order valence-electron chi connectivity index (χ4n) is 4.55. The van der Waals surface area contributed by atoms with Crippen LogP contribution in [-0.2, 0) is 6.54 Å². The van der Waals surface area contributed by atoms with Crippen LogP contribution in [0.4, 0.5) is 0 Å². The lowest BCUT2D eigenvalue weighted by Gasteiger charge is -2.18. The third kappa shape index (κ3) is 4.03. The van der Waals surface area contributed by atoms with Crippen molar-refractivity contribution in [2.75, 3.05) is 6.61 Å². The molecule has 1 saturated carbocycles. The van der Waals surface area contributed by atoms with Gasteiger partial charge in [-0.2, -0.15) is 0 Å². The van der Waals surface area contributed by atoms with Gasteiger partial charge in [0.05, 0.1) is 17.6 Å². The van der Waals surface area contributed by atoms with E-state index in [4.69, 9.17) is 9.72 Å². The van der Waals surface area contributed by atoms with Gasteiger partial charge in [-0.05, 0) is 36.4 Å². The summed E-state index contributed by atoms with van der Waals surface area (Å²) in [5, 5.41) is 13.0. The second-order valence-electron chi connectivity index (χ2n) is 7.99. The summed E-state index contributed by atoms with van der Waals surface area (Å²) < 4.78 is 8.23. The molecule has 4 aromatic rings. The van der Waals surface area contributed by atoms with E-state index in [0.29, 0.717) is 12.5 Å². The van der Waals surface area contributed by atoms with E-state index < -0.39 is 6.10 Å². The lowest BCUT2D eigenvalue weighted by atomic mass is 10.1. The molecule has 0 amide bonds. The first kappa shape index (κ1) is 20.7. The van der Waals surface area contributed by atoms with Gasteiger partial charge in [-0.15, -0.1) is 12.4 Å². The van der Waals surface area contributed by atoms with Crippen LogP contribution < -0.4 is 4.74 Å². The molecule has 5 rings (SSSR count). The zero-order chi connectivity index (χ0) is 19.6. The smallest absolute Gasteiger partial charge is 0.127 e. The number of fused-ring (bicyclic) bond motifs is 2. The second kappa shape index (κ2) is 9.07. The third-order valence-electron chi connectivity index (χ3n) is 5.98. The van der Waals surface area contributed by atoms with Crippen LogP contribution in [0.1, 0.15) is 37.4 Å². The van der Waals surface area contributed by atoms with Gasteiger partial charge in [0.15, 0.2) is 0 Å². The molecule has 4 nitrogen and oxygen atoms in total. The second-order valence-corrected chi connectivity index (χ2v) is 7.99. The maximum atomic E-state index is 10.8. The molecule has 1 unspecified atom stereocenters. The predicted molar refractivity (Wildman–Crippen MR) is 124 cm³/mol. The first-order valence-electron chi connectivity index (χ1n) is 10.5. The molecule has 1 aliphatic carbocycles. The number of aliphatic hydroxyl groups excluding tert-OH is 1. The summed E-state index contributed by atoms with van der Waals surface area (Å²) in [7, 11) is 0. The van der Waals surface area contributed by atoms with Crippen LogP contribution in [-0.4, -0.2) is 27.4 Å². The van der Waals surface area contributed by atoms with E-state index in [-0.39, 0.29) is 19.0 Å².